The van der Waals surface area contributed by atoms with E-state index >= 15 is 0 Å². The first-order valence-corrected chi connectivity index (χ1v) is 9.31. The molecule has 0 amide bonds. The van der Waals surface area contributed by atoms with Gasteiger partial charge >= 0.3 is 0 Å². The molecule has 0 radical (unpaired) electrons. The maximum atomic E-state index is 4.67. The third-order valence-electron chi connectivity index (χ3n) is 4.80. The highest BCUT2D eigenvalue weighted by Crippen LogP contribution is 2.20. The zero-order valence-electron chi connectivity index (χ0n) is 16.3. The van der Waals surface area contributed by atoms with Crippen LogP contribution in [0, 0.1) is 0 Å². The van der Waals surface area contributed by atoms with Crippen LogP contribution in [0.15, 0.2) is 41.7 Å². The summed E-state index contributed by atoms with van der Waals surface area (Å²) in [5.41, 5.74) is 1.36. The Morgan fingerprint density at radius 3 is 2.74 bits per heavy atom. The van der Waals surface area contributed by atoms with Gasteiger partial charge in [-0.1, -0.05) is 30.3 Å². The van der Waals surface area contributed by atoms with Crippen molar-refractivity contribution in [1.82, 2.24) is 30.3 Å². The number of nitrogens with one attached hydrogen (secondary N) is 2. The first-order chi connectivity index (χ1) is 12.7. The molecule has 0 aliphatic carbocycles. The molecule has 3 rings (SSSR count). The lowest BCUT2D eigenvalue weighted by Gasteiger charge is -2.21. The lowest BCUT2D eigenvalue weighted by molar-refractivity contribution is 0.258. The Morgan fingerprint density at radius 2 is 2.07 bits per heavy atom. The summed E-state index contributed by atoms with van der Waals surface area (Å²) in [6, 6.07) is 11.6. The number of hydrogen-bond acceptors (Lipinski definition) is 4. The molecule has 1 aliphatic heterocycles. The van der Waals surface area contributed by atoms with E-state index in [0.29, 0.717) is 18.6 Å². The molecule has 1 aromatic heterocycles. The smallest absolute Gasteiger partial charge is 0.191 e. The fraction of sp³-hybridized carbons (Fsp3) is 0.526. The molecule has 7 nitrogen and oxygen atoms in total. The summed E-state index contributed by atoms with van der Waals surface area (Å²) in [5.74, 6) is 1.70. The van der Waals surface area contributed by atoms with Gasteiger partial charge < -0.3 is 10.6 Å². The molecule has 0 spiro atoms. The van der Waals surface area contributed by atoms with Crippen molar-refractivity contribution < 1.29 is 0 Å². The van der Waals surface area contributed by atoms with E-state index in [0.717, 1.165) is 37.8 Å². The fourth-order valence-electron chi connectivity index (χ4n) is 3.37. The molecule has 1 aromatic carbocycles. The number of benzene rings is 1. The molecule has 0 saturated carbocycles. The first kappa shape index (κ1) is 21.6. The second kappa shape index (κ2) is 10.6. The second-order valence-corrected chi connectivity index (χ2v) is 6.84. The van der Waals surface area contributed by atoms with Crippen molar-refractivity contribution >= 4 is 29.9 Å². The van der Waals surface area contributed by atoms with E-state index in [1.165, 1.54) is 5.56 Å². The predicted molar refractivity (Wildman–Crippen MR) is 119 cm³/mol. The number of guanidine groups is 1. The molecule has 1 saturated heterocycles. The first-order valence-electron chi connectivity index (χ1n) is 9.31. The van der Waals surface area contributed by atoms with Crippen LogP contribution in [0.1, 0.15) is 31.7 Å². The van der Waals surface area contributed by atoms with Gasteiger partial charge in [0.25, 0.3) is 0 Å². The average molecular weight is 483 g/mol. The number of likely N-dealkylation sites (tertiary alicyclic amines) is 1. The Kier molecular flexibility index (Phi) is 8.49. The highest BCUT2D eigenvalue weighted by Gasteiger charge is 2.29. The molecule has 2 N–H and O–H groups in total. The molecule has 8 heteroatoms. The van der Waals surface area contributed by atoms with E-state index in [2.05, 4.69) is 74.8 Å². The van der Waals surface area contributed by atoms with Crippen molar-refractivity contribution in [2.24, 2.45) is 12.0 Å². The maximum Gasteiger partial charge on any atom is 0.191 e. The Labute approximate surface area is 178 Å². The topological polar surface area (TPSA) is 70.4 Å². The van der Waals surface area contributed by atoms with Gasteiger partial charge in [-0.15, -0.1) is 24.0 Å². The van der Waals surface area contributed by atoms with Crippen LogP contribution in [-0.4, -0.2) is 50.8 Å². The van der Waals surface area contributed by atoms with Gasteiger partial charge in [0.1, 0.15) is 18.7 Å². The Balaban J connectivity index is 0.00000261. The van der Waals surface area contributed by atoms with Gasteiger partial charge in [-0.2, -0.15) is 5.10 Å². The second-order valence-electron chi connectivity index (χ2n) is 6.84. The molecule has 2 atom stereocenters. The summed E-state index contributed by atoms with van der Waals surface area (Å²) in [6.07, 6.45) is 2.67. The average Bonchev–Trinajstić information content (AvgIpc) is 3.19. The van der Waals surface area contributed by atoms with Crippen LogP contribution in [0.2, 0.25) is 0 Å². The summed E-state index contributed by atoms with van der Waals surface area (Å²) >= 11 is 0. The maximum absolute atomic E-state index is 4.67. The molecule has 0 bridgehead atoms. The van der Waals surface area contributed by atoms with E-state index in [-0.39, 0.29) is 24.0 Å². The number of halogens is 1. The zero-order valence-corrected chi connectivity index (χ0v) is 18.6. The molecule has 1 aliphatic rings. The van der Waals surface area contributed by atoms with Crippen LogP contribution in [0.3, 0.4) is 0 Å². The summed E-state index contributed by atoms with van der Waals surface area (Å²) in [5, 5.41) is 11.0. The highest BCUT2D eigenvalue weighted by atomic mass is 127. The summed E-state index contributed by atoms with van der Waals surface area (Å²) in [6.45, 7) is 7.74. The molecule has 27 heavy (non-hydrogen) atoms. The molecule has 148 valence electrons. The summed E-state index contributed by atoms with van der Waals surface area (Å²) in [4.78, 5) is 11.4. The standard InChI is InChI=1S/C19H29N7.HI/c1-4-20-19(21-11-18-22-14-23-25(18)3)24-17-10-15(2)26(13-17)12-16-8-6-5-7-9-16;/h5-9,14-15,17H,4,10-13H2,1-3H3,(H2,20,21,24);1H. The molecule has 1 fully saturated rings. The Morgan fingerprint density at radius 1 is 1.30 bits per heavy atom. The third kappa shape index (κ3) is 6.17. The van der Waals surface area contributed by atoms with Crippen molar-refractivity contribution in [1.29, 1.82) is 0 Å². The van der Waals surface area contributed by atoms with Crippen molar-refractivity contribution in [2.75, 3.05) is 13.1 Å². The van der Waals surface area contributed by atoms with Gasteiger partial charge in [-0.05, 0) is 25.8 Å². The van der Waals surface area contributed by atoms with Crippen LogP contribution >= 0.6 is 24.0 Å². The monoisotopic (exact) mass is 483 g/mol. The van der Waals surface area contributed by atoms with E-state index in [9.17, 15) is 0 Å². The minimum Gasteiger partial charge on any atom is -0.357 e. The predicted octanol–water partition coefficient (Wildman–Crippen LogP) is 2.15. The number of hydrogen-bond donors (Lipinski definition) is 2. The molecule has 2 heterocycles. The number of aryl methyl sites for hydroxylation is 1. The van der Waals surface area contributed by atoms with Gasteiger partial charge in [-0.25, -0.2) is 9.98 Å². The van der Waals surface area contributed by atoms with E-state index in [1.54, 1.807) is 11.0 Å². The molecular formula is C19H30IN7. The highest BCUT2D eigenvalue weighted by molar-refractivity contribution is 14.0. The molecule has 2 unspecified atom stereocenters. The third-order valence-corrected chi connectivity index (χ3v) is 4.80. The van der Waals surface area contributed by atoms with Crippen LogP contribution < -0.4 is 10.6 Å². The zero-order chi connectivity index (χ0) is 18.4. The Bertz CT molecular complexity index is 716. The van der Waals surface area contributed by atoms with Crippen molar-refractivity contribution in [2.45, 2.75) is 45.4 Å². The van der Waals surface area contributed by atoms with E-state index < -0.39 is 0 Å². The van der Waals surface area contributed by atoms with Crippen LogP contribution in [0.25, 0.3) is 0 Å². The van der Waals surface area contributed by atoms with Crippen LogP contribution in [0.4, 0.5) is 0 Å². The van der Waals surface area contributed by atoms with Gasteiger partial charge in [0.2, 0.25) is 0 Å². The minimum atomic E-state index is 0. The molecular weight excluding hydrogens is 453 g/mol. The van der Waals surface area contributed by atoms with Gasteiger partial charge in [0, 0.05) is 38.8 Å². The number of aromatic nitrogens is 3. The Hall–Kier alpha value is -1.68. The van der Waals surface area contributed by atoms with Crippen molar-refractivity contribution in [3.63, 3.8) is 0 Å². The van der Waals surface area contributed by atoms with Gasteiger partial charge in [0.05, 0.1) is 0 Å². The lowest BCUT2D eigenvalue weighted by Crippen LogP contribution is -2.44. The normalized spacial score (nSPS) is 20.3. The van der Waals surface area contributed by atoms with Crippen LogP contribution in [-0.2, 0) is 20.1 Å². The minimum absolute atomic E-state index is 0. The largest absolute Gasteiger partial charge is 0.357 e. The summed E-state index contributed by atoms with van der Waals surface area (Å²) < 4.78 is 1.76. The number of nitrogens with zero attached hydrogens (tertiary/aromatic N) is 5. The van der Waals surface area contributed by atoms with E-state index in [4.69, 9.17) is 0 Å². The SMILES string of the molecule is CCNC(=NCc1ncnn1C)NC1CC(C)N(Cc2ccccc2)C1.I. The van der Waals surface area contributed by atoms with Crippen molar-refractivity contribution in [3.8, 4) is 0 Å². The van der Waals surface area contributed by atoms with Gasteiger partial charge in [0.15, 0.2) is 5.96 Å². The van der Waals surface area contributed by atoms with Crippen molar-refractivity contribution in [3.05, 3.63) is 48.0 Å². The molecule has 2 aromatic rings. The number of rotatable bonds is 6. The van der Waals surface area contributed by atoms with Crippen LogP contribution in [0.5, 0.6) is 0 Å². The fourth-order valence-corrected chi connectivity index (χ4v) is 3.37. The van der Waals surface area contributed by atoms with Gasteiger partial charge in [-0.3, -0.25) is 9.58 Å². The quantitative estimate of drug-likeness (QED) is 0.375. The summed E-state index contributed by atoms with van der Waals surface area (Å²) in [7, 11) is 1.89. The van der Waals surface area contributed by atoms with E-state index in [1.807, 2.05) is 7.05 Å². The lowest BCUT2D eigenvalue weighted by atomic mass is 10.2. The number of aliphatic imine (C=N–C) groups is 1.